The van der Waals surface area contributed by atoms with E-state index in [0.29, 0.717) is 17.4 Å². The Hall–Kier alpha value is -1.64. The van der Waals surface area contributed by atoms with Crippen LogP contribution in [0.5, 0.6) is 0 Å². The van der Waals surface area contributed by atoms with Gasteiger partial charge in [0.25, 0.3) is 0 Å². The Morgan fingerprint density at radius 1 is 1.03 bits per heavy atom. The Kier molecular flexibility index (Phi) is 7.28. The topological polar surface area (TPSA) is 64.8 Å². The van der Waals surface area contributed by atoms with Crippen LogP contribution in [0.25, 0.3) is 0 Å². The highest BCUT2D eigenvalue weighted by Crippen LogP contribution is 2.33. The van der Waals surface area contributed by atoms with Gasteiger partial charge in [-0.3, -0.25) is 0 Å². The van der Waals surface area contributed by atoms with E-state index in [1.807, 2.05) is 6.07 Å². The van der Waals surface area contributed by atoms with Crippen LogP contribution in [-0.4, -0.2) is 34.7 Å². The van der Waals surface area contributed by atoms with Crippen molar-refractivity contribution in [3.8, 4) is 0 Å². The zero-order valence-corrected chi connectivity index (χ0v) is 19.4. The molecule has 0 amide bonds. The second-order valence-corrected chi connectivity index (χ2v) is 11.9. The third kappa shape index (κ3) is 5.34. The van der Waals surface area contributed by atoms with Crippen molar-refractivity contribution in [1.29, 1.82) is 0 Å². The largest absolute Gasteiger partial charge is 0.303 e. The van der Waals surface area contributed by atoms with Crippen molar-refractivity contribution in [2.75, 3.05) is 11.5 Å². The van der Waals surface area contributed by atoms with Crippen LogP contribution in [0.3, 0.4) is 0 Å². The van der Waals surface area contributed by atoms with E-state index in [1.54, 1.807) is 47.4 Å². The first kappa shape index (κ1) is 21.6. The maximum atomic E-state index is 12.5. The first-order chi connectivity index (χ1) is 14.6. The fraction of sp³-hybridized carbons (Fsp3) is 0.455. The molecule has 4 rings (SSSR count). The first-order valence-corrected chi connectivity index (χ1v) is 14.0. The standard InChI is InChI=1S/C22H27N3O2S3/c26-30(27,20-12-5-2-6-13-20)16-8-15-29-22-24-23-21(17-19-11-7-14-28-19)25(22)18-9-3-1-4-10-18/h2,5-7,11-14,18H,1,3-4,8-10,15-17H2. The smallest absolute Gasteiger partial charge is 0.191 e. The molecule has 0 spiro atoms. The molecular weight excluding hydrogens is 434 g/mol. The molecule has 1 aliphatic rings. The predicted octanol–water partition coefficient (Wildman–Crippen LogP) is 5.39. The van der Waals surface area contributed by atoms with E-state index in [2.05, 4.69) is 32.3 Å². The summed E-state index contributed by atoms with van der Waals surface area (Å²) in [6.07, 6.45) is 7.56. The number of thiophene rings is 1. The lowest BCUT2D eigenvalue weighted by atomic mass is 9.95. The van der Waals surface area contributed by atoms with Gasteiger partial charge in [0, 0.05) is 23.1 Å². The van der Waals surface area contributed by atoms with Gasteiger partial charge in [-0.05, 0) is 42.8 Å². The number of rotatable bonds is 9. The highest BCUT2D eigenvalue weighted by atomic mass is 32.2. The van der Waals surface area contributed by atoms with Gasteiger partial charge in [-0.15, -0.1) is 21.5 Å². The average Bonchev–Trinajstić information content (AvgIpc) is 3.43. The predicted molar refractivity (Wildman–Crippen MR) is 123 cm³/mol. The molecule has 1 fully saturated rings. The van der Waals surface area contributed by atoms with Gasteiger partial charge < -0.3 is 4.57 Å². The van der Waals surface area contributed by atoms with E-state index in [4.69, 9.17) is 0 Å². The van der Waals surface area contributed by atoms with Gasteiger partial charge in [0.2, 0.25) is 0 Å². The van der Waals surface area contributed by atoms with Gasteiger partial charge in [0.05, 0.1) is 10.6 Å². The van der Waals surface area contributed by atoms with Gasteiger partial charge in [0.1, 0.15) is 5.82 Å². The second-order valence-electron chi connectivity index (χ2n) is 7.65. The molecule has 30 heavy (non-hydrogen) atoms. The third-order valence-corrected chi connectivity index (χ3v) is 9.20. The van der Waals surface area contributed by atoms with Crippen LogP contribution in [0.2, 0.25) is 0 Å². The Morgan fingerprint density at radius 3 is 2.57 bits per heavy atom. The van der Waals surface area contributed by atoms with Gasteiger partial charge in [-0.25, -0.2) is 8.42 Å². The summed E-state index contributed by atoms with van der Waals surface area (Å²) in [7, 11) is -3.23. The minimum atomic E-state index is -3.23. The summed E-state index contributed by atoms with van der Waals surface area (Å²) in [5.41, 5.74) is 0. The lowest BCUT2D eigenvalue weighted by Crippen LogP contribution is -2.17. The molecule has 0 bridgehead atoms. The molecule has 5 nitrogen and oxygen atoms in total. The van der Waals surface area contributed by atoms with Crippen molar-refractivity contribution in [3.63, 3.8) is 0 Å². The molecular formula is C22H27N3O2S3. The van der Waals surface area contributed by atoms with Crippen LogP contribution in [-0.2, 0) is 16.3 Å². The van der Waals surface area contributed by atoms with Crippen molar-refractivity contribution in [3.05, 3.63) is 58.5 Å². The van der Waals surface area contributed by atoms with E-state index >= 15 is 0 Å². The van der Waals surface area contributed by atoms with Crippen molar-refractivity contribution >= 4 is 32.9 Å². The summed E-state index contributed by atoms with van der Waals surface area (Å²) >= 11 is 3.39. The fourth-order valence-electron chi connectivity index (χ4n) is 3.96. The minimum absolute atomic E-state index is 0.156. The van der Waals surface area contributed by atoms with E-state index in [0.717, 1.165) is 23.2 Å². The van der Waals surface area contributed by atoms with Crippen LogP contribution >= 0.6 is 23.1 Å². The number of benzene rings is 1. The van der Waals surface area contributed by atoms with Gasteiger partial charge in [0.15, 0.2) is 15.0 Å². The maximum Gasteiger partial charge on any atom is 0.191 e. The van der Waals surface area contributed by atoms with E-state index in [9.17, 15) is 8.42 Å². The van der Waals surface area contributed by atoms with Crippen LogP contribution in [0.4, 0.5) is 0 Å². The van der Waals surface area contributed by atoms with Crippen LogP contribution in [0, 0.1) is 0 Å². The molecule has 0 radical (unpaired) electrons. The molecule has 0 N–H and O–H groups in total. The summed E-state index contributed by atoms with van der Waals surface area (Å²) in [5, 5.41) is 12.0. The molecule has 160 valence electrons. The number of aromatic nitrogens is 3. The molecule has 8 heteroatoms. The average molecular weight is 462 g/mol. The van der Waals surface area contributed by atoms with E-state index in [1.165, 1.54) is 37.0 Å². The number of nitrogens with zero attached hydrogens (tertiary/aromatic N) is 3. The molecule has 2 heterocycles. The fourth-order valence-corrected chi connectivity index (χ4v) is 7.14. The van der Waals surface area contributed by atoms with Crippen molar-refractivity contribution in [2.45, 2.75) is 61.0 Å². The number of hydrogen-bond donors (Lipinski definition) is 0. The van der Waals surface area contributed by atoms with Crippen molar-refractivity contribution in [2.24, 2.45) is 0 Å². The lowest BCUT2D eigenvalue weighted by molar-refractivity contribution is 0.330. The summed E-state index contributed by atoms with van der Waals surface area (Å²) in [4.78, 5) is 1.70. The Balaban J connectivity index is 1.42. The number of thioether (sulfide) groups is 1. The zero-order chi connectivity index (χ0) is 20.8. The lowest BCUT2D eigenvalue weighted by Gasteiger charge is -2.25. The Bertz CT molecular complexity index is 1030. The Morgan fingerprint density at radius 2 is 1.83 bits per heavy atom. The van der Waals surface area contributed by atoms with Crippen LogP contribution in [0.1, 0.15) is 55.3 Å². The molecule has 1 saturated carbocycles. The summed E-state index contributed by atoms with van der Waals surface area (Å²) in [6.45, 7) is 0. The number of sulfone groups is 1. The summed E-state index contributed by atoms with van der Waals surface area (Å²) < 4.78 is 27.3. The second kappa shape index (κ2) is 10.1. The summed E-state index contributed by atoms with van der Waals surface area (Å²) in [6, 6.07) is 13.4. The molecule has 0 aliphatic heterocycles. The van der Waals surface area contributed by atoms with Gasteiger partial charge >= 0.3 is 0 Å². The third-order valence-electron chi connectivity index (χ3n) is 5.48. The highest BCUT2D eigenvalue weighted by molar-refractivity contribution is 7.99. The normalized spacial score (nSPS) is 15.5. The molecule has 1 aromatic carbocycles. The highest BCUT2D eigenvalue weighted by Gasteiger charge is 2.23. The van der Waals surface area contributed by atoms with Crippen molar-refractivity contribution < 1.29 is 8.42 Å². The zero-order valence-electron chi connectivity index (χ0n) is 16.9. The number of hydrogen-bond acceptors (Lipinski definition) is 6. The molecule has 1 aliphatic carbocycles. The maximum absolute atomic E-state index is 12.5. The summed E-state index contributed by atoms with van der Waals surface area (Å²) in [5.74, 6) is 1.91. The monoisotopic (exact) mass is 461 g/mol. The Labute approximate surface area is 186 Å². The first-order valence-electron chi connectivity index (χ1n) is 10.5. The van der Waals surface area contributed by atoms with Crippen LogP contribution < -0.4 is 0 Å². The van der Waals surface area contributed by atoms with Gasteiger partial charge in [-0.2, -0.15) is 0 Å². The minimum Gasteiger partial charge on any atom is -0.303 e. The van der Waals surface area contributed by atoms with E-state index < -0.39 is 9.84 Å². The van der Waals surface area contributed by atoms with Gasteiger partial charge in [-0.1, -0.05) is 55.3 Å². The molecule has 0 atom stereocenters. The molecule has 2 aromatic heterocycles. The quantitative estimate of drug-likeness (QED) is 0.316. The van der Waals surface area contributed by atoms with Crippen LogP contribution in [0.15, 0.2) is 57.9 Å². The molecule has 0 saturated heterocycles. The molecule has 0 unspecified atom stereocenters. The van der Waals surface area contributed by atoms with E-state index in [-0.39, 0.29) is 5.75 Å². The SMILES string of the molecule is O=S(=O)(CCCSc1nnc(Cc2cccs2)n1C1CCCCC1)c1ccccc1. The van der Waals surface area contributed by atoms with Crippen molar-refractivity contribution in [1.82, 2.24) is 14.8 Å². The molecule has 3 aromatic rings.